The van der Waals surface area contributed by atoms with E-state index in [-0.39, 0.29) is 0 Å². The topological polar surface area (TPSA) is 17.1 Å². The molecule has 0 saturated carbocycles. The molecule has 0 amide bonds. The average Bonchev–Trinajstić information content (AvgIpc) is 2.14. The van der Waals surface area contributed by atoms with Crippen LogP contribution in [0.2, 0.25) is 0 Å². The first kappa shape index (κ1) is 12.9. The fourth-order valence-electron chi connectivity index (χ4n) is 0.983. The smallest absolute Gasteiger partial charge is 0.142 e. The minimum Gasteiger partial charge on any atom is -0.299 e. The normalized spacial score (nSPS) is 11.9. The molecule has 14 heavy (non-hydrogen) atoms. The van der Waals surface area contributed by atoms with Gasteiger partial charge in [-0.15, -0.1) is 0 Å². The standard InChI is InChI=1S/C13H20O/c1-11(2)13(4)9-8-12(3)7-5-6-10-14/h5-7,10H,8-9H2,1-4H3/b6-5+,12-7+. The Labute approximate surface area is 87.2 Å². The first-order valence-corrected chi connectivity index (χ1v) is 4.98. The minimum atomic E-state index is 0.797. The fourth-order valence-corrected chi connectivity index (χ4v) is 0.983. The summed E-state index contributed by atoms with van der Waals surface area (Å²) < 4.78 is 0. The molecular weight excluding hydrogens is 172 g/mol. The molecule has 1 nitrogen and oxygen atoms in total. The zero-order chi connectivity index (χ0) is 11.0. The Kier molecular flexibility index (Phi) is 6.73. The lowest BCUT2D eigenvalue weighted by molar-refractivity contribution is -0.104. The van der Waals surface area contributed by atoms with Crippen LogP contribution in [0, 0.1) is 0 Å². The SMILES string of the molecule is CC(C)=C(C)CC/C(C)=C/C=C/C=O. The molecule has 0 spiro atoms. The lowest BCUT2D eigenvalue weighted by Crippen LogP contribution is -1.83. The molecule has 1 heteroatoms. The molecule has 0 radical (unpaired) electrons. The number of hydrogen-bond acceptors (Lipinski definition) is 1. The van der Waals surface area contributed by atoms with Gasteiger partial charge in [-0.1, -0.05) is 28.9 Å². The van der Waals surface area contributed by atoms with Crippen molar-refractivity contribution in [2.75, 3.05) is 0 Å². The van der Waals surface area contributed by atoms with Gasteiger partial charge in [0.1, 0.15) is 6.29 Å². The average molecular weight is 192 g/mol. The monoisotopic (exact) mass is 192 g/mol. The summed E-state index contributed by atoms with van der Waals surface area (Å²) in [7, 11) is 0. The van der Waals surface area contributed by atoms with Gasteiger partial charge >= 0.3 is 0 Å². The van der Waals surface area contributed by atoms with Crippen molar-refractivity contribution < 1.29 is 4.79 Å². The molecule has 0 atom stereocenters. The maximum absolute atomic E-state index is 10.0. The van der Waals surface area contributed by atoms with Crippen molar-refractivity contribution >= 4 is 6.29 Å². The van der Waals surface area contributed by atoms with Gasteiger partial charge in [-0.2, -0.15) is 0 Å². The predicted octanol–water partition coefficient (Wildman–Crippen LogP) is 3.82. The second-order valence-corrected chi connectivity index (χ2v) is 3.81. The van der Waals surface area contributed by atoms with E-state index in [9.17, 15) is 4.79 Å². The van der Waals surface area contributed by atoms with Crippen LogP contribution in [0.1, 0.15) is 40.5 Å². The number of allylic oxidation sites excluding steroid dienone is 6. The highest BCUT2D eigenvalue weighted by molar-refractivity contribution is 5.65. The summed E-state index contributed by atoms with van der Waals surface area (Å²) in [4.78, 5) is 10.0. The molecule has 0 aliphatic heterocycles. The first-order valence-electron chi connectivity index (χ1n) is 4.98. The number of carbonyl (C=O) groups is 1. The van der Waals surface area contributed by atoms with Crippen molar-refractivity contribution in [1.29, 1.82) is 0 Å². The van der Waals surface area contributed by atoms with E-state index in [0.717, 1.165) is 19.1 Å². The van der Waals surface area contributed by atoms with E-state index in [0.29, 0.717) is 0 Å². The molecule has 0 aromatic heterocycles. The summed E-state index contributed by atoms with van der Waals surface area (Å²) in [6, 6.07) is 0. The molecular formula is C13H20O. The van der Waals surface area contributed by atoms with Gasteiger partial charge in [0.2, 0.25) is 0 Å². The summed E-state index contributed by atoms with van der Waals surface area (Å²) in [5.74, 6) is 0. The maximum Gasteiger partial charge on any atom is 0.142 e. The van der Waals surface area contributed by atoms with Gasteiger partial charge in [-0.25, -0.2) is 0 Å². The molecule has 0 fully saturated rings. The molecule has 0 N–H and O–H groups in total. The third kappa shape index (κ3) is 6.41. The van der Waals surface area contributed by atoms with E-state index in [1.807, 2.05) is 6.08 Å². The number of rotatable bonds is 5. The Morgan fingerprint density at radius 1 is 1.00 bits per heavy atom. The Morgan fingerprint density at radius 3 is 2.14 bits per heavy atom. The molecule has 0 unspecified atom stereocenters. The number of hydrogen-bond donors (Lipinski definition) is 0. The van der Waals surface area contributed by atoms with Gasteiger partial charge in [-0.05, 0) is 46.6 Å². The predicted molar refractivity (Wildman–Crippen MR) is 62.2 cm³/mol. The Bertz CT molecular complexity index is 263. The zero-order valence-electron chi connectivity index (χ0n) is 9.63. The fraction of sp³-hybridized carbons (Fsp3) is 0.462. The second-order valence-electron chi connectivity index (χ2n) is 3.81. The Morgan fingerprint density at radius 2 is 1.64 bits per heavy atom. The van der Waals surface area contributed by atoms with Crippen LogP contribution in [0.5, 0.6) is 0 Å². The highest BCUT2D eigenvalue weighted by atomic mass is 16.1. The van der Waals surface area contributed by atoms with Crippen LogP contribution in [-0.4, -0.2) is 6.29 Å². The Balaban J connectivity index is 4.02. The van der Waals surface area contributed by atoms with Crippen molar-refractivity contribution in [3.8, 4) is 0 Å². The summed E-state index contributed by atoms with van der Waals surface area (Å²) >= 11 is 0. The molecule has 0 rings (SSSR count). The van der Waals surface area contributed by atoms with Crippen LogP contribution in [-0.2, 0) is 4.79 Å². The maximum atomic E-state index is 10.0. The molecule has 0 aromatic rings. The van der Waals surface area contributed by atoms with Crippen molar-refractivity contribution in [3.63, 3.8) is 0 Å². The Hall–Kier alpha value is -1.11. The van der Waals surface area contributed by atoms with E-state index in [4.69, 9.17) is 0 Å². The van der Waals surface area contributed by atoms with Crippen molar-refractivity contribution in [3.05, 3.63) is 34.9 Å². The molecule has 0 heterocycles. The van der Waals surface area contributed by atoms with E-state index >= 15 is 0 Å². The number of carbonyl (C=O) groups excluding carboxylic acids is 1. The van der Waals surface area contributed by atoms with E-state index in [1.165, 1.54) is 22.8 Å². The van der Waals surface area contributed by atoms with Crippen LogP contribution >= 0.6 is 0 Å². The van der Waals surface area contributed by atoms with Gasteiger partial charge in [-0.3, -0.25) is 4.79 Å². The lowest BCUT2D eigenvalue weighted by Gasteiger charge is -2.03. The van der Waals surface area contributed by atoms with Crippen LogP contribution < -0.4 is 0 Å². The highest BCUT2D eigenvalue weighted by Gasteiger charge is 1.93. The van der Waals surface area contributed by atoms with Gasteiger partial charge in [0.25, 0.3) is 0 Å². The third-order valence-electron chi connectivity index (χ3n) is 2.32. The van der Waals surface area contributed by atoms with Crippen molar-refractivity contribution in [2.24, 2.45) is 0 Å². The van der Waals surface area contributed by atoms with Crippen LogP contribution in [0.15, 0.2) is 34.9 Å². The van der Waals surface area contributed by atoms with Crippen LogP contribution in [0.3, 0.4) is 0 Å². The van der Waals surface area contributed by atoms with Gasteiger partial charge in [0.05, 0.1) is 0 Å². The minimum absolute atomic E-state index is 0.797. The molecule has 78 valence electrons. The van der Waals surface area contributed by atoms with Gasteiger partial charge in [0.15, 0.2) is 0 Å². The second kappa shape index (κ2) is 7.31. The summed E-state index contributed by atoms with van der Waals surface area (Å²) in [5.41, 5.74) is 4.17. The molecule has 0 bridgehead atoms. The lowest BCUT2D eigenvalue weighted by atomic mass is 10.0. The van der Waals surface area contributed by atoms with Gasteiger partial charge in [0, 0.05) is 0 Å². The highest BCUT2D eigenvalue weighted by Crippen LogP contribution is 2.13. The molecule has 0 aliphatic rings. The van der Waals surface area contributed by atoms with E-state index in [2.05, 4.69) is 27.7 Å². The van der Waals surface area contributed by atoms with Crippen molar-refractivity contribution in [1.82, 2.24) is 0 Å². The third-order valence-corrected chi connectivity index (χ3v) is 2.32. The largest absolute Gasteiger partial charge is 0.299 e. The summed E-state index contributed by atoms with van der Waals surface area (Å²) in [6.45, 7) is 8.54. The first-order chi connectivity index (χ1) is 6.57. The number of aldehydes is 1. The van der Waals surface area contributed by atoms with Crippen LogP contribution in [0.4, 0.5) is 0 Å². The summed E-state index contributed by atoms with van der Waals surface area (Å²) in [6.07, 6.45) is 8.27. The summed E-state index contributed by atoms with van der Waals surface area (Å²) in [5, 5.41) is 0. The van der Waals surface area contributed by atoms with Crippen LogP contribution in [0.25, 0.3) is 0 Å². The quantitative estimate of drug-likeness (QED) is 0.280. The molecule has 0 aromatic carbocycles. The van der Waals surface area contributed by atoms with Crippen molar-refractivity contribution in [2.45, 2.75) is 40.5 Å². The molecule has 0 saturated heterocycles. The van der Waals surface area contributed by atoms with Gasteiger partial charge < -0.3 is 0 Å². The molecule has 0 aliphatic carbocycles. The zero-order valence-corrected chi connectivity index (χ0v) is 9.63. The van der Waals surface area contributed by atoms with E-state index < -0.39 is 0 Å². The van der Waals surface area contributed by atoms with E-state index in [1.54, 1.807) is 6.08 Å².